The van der Waals surface area contributed by atoms with Crippen LogP contribution in [0.4, 0.5) is 0 Å². The number of rotatable bonds is 11. The Morgan fingerprint density at radius 3 is 2.30 bits per heavy atom. The summed E-state index contributed by atoms with van der Waals surface area (Å²) in [6, 6.07) is 8.48. The topological polar surface area (TPSA) is 44.5 Å². The molecule has 0 aliphatic carbocycles. The minimum Gasteiger partial charge on any atom is -0.379 e. The van der Waals surface area contributed by atoms with Crippen molar-refractivity contribution < 1.29 is 9.47 Å². The third-order valence-electron chi connectivity index (χ3n) is 3.26. The molecule has 0 saturated carbocycles. The zero-order chi connectivity index (χ0) is 14.6. The summed E-state index contributed by atoms with van der Waals surface area (Å²) >= 11 is 0. The van der Waals surface area contributed by atoms with Crippen molar-refractivity contribution in [1.29, 1.82) is 0 Å². The first kappa shape index (κ1) is 17.2. The second-order valence-corrected chi connectivity index (χ2v) is 5.14. The Hall–Kier alpha value is -0.900. The number of unbranched alkanes of at least 4 members (excludes halogenated alkanes) is 1. The quantitative estimate of drug-likeness (QED) is 0.631. The number of aryl methyl sites for hydroxylation is 1. The fourth-order valence-corrected chi connectivity index (χ4v) is 1.99. The van der Waals surface area contributed by atoms with E-state index in [1.807, 2.05) is 0 Å². The molecule has 0 bridgehead atoms. The van der Waals surface area contributed by atoms with Gasteiger partial charge in [0.05, 0.1) is 25.9 Å². The molecule has 0 spiro atoms. The molecule has 1 rings (SSSR count). The molecule has 0 aromatic heterocycles. The molecule has 1 unspecified atom stereocenters. The highest BCUT2D eigenvalue weighted by atomic mass is 16.5. The van der Waals surface area contributed by atoms with Crippen molar-refractivity contribution in [1.82, 2.24) is 0 Å². The second kappa shape index (κ2) is 10.8. The van der Waals surface area contributed by atoms with Gasteiger partial charge in [-0.2, -0.15) is 0 Å². The maximum absolute atomic E-state index is 6.12. The van der Waals surface area contributed by atoms with E-state index in [0.717, 1.165) is 25.0 Å². The zero-order valence-electron chi connectivity index (χ0n) is 12.9. The van der Waals surface area contributed by atoms with Gasteiger partial charge in [-0.1, -0.05) is 51.0 Å². The minimum absolute atomic E-state index is 0.0543. The Morgan fingerprint density at radius 1 is 0.950 bits per heavy atom. The van der Waals surface area contributed by atoms with Crippen LogP contribution >= 0.6 is 0 Å². The Bertz CT molecular complexity index is 337. The predicted molar refractivity (Wildman–Crippen MR) is 83.9 cm³/mol. The highest BCUT2D eigenvalue weighted by Crippen LogP contribution is 2.13. The van der Waals surface area contributed by atoms with Crippen molar-refractivity contribution in [2.75, 3.05) is 26.4 Å². The van der Waals surface area contributed by atoms with E-state index in [1.54, 1.807) is 0 Å². The van der Waals surface area contributed by atoms with Crippen LogP contribution in [0.5, 0.6) is 0 Å². The molecule has 1 aromatic rings. The van der Waals surface area contributed by atoms with Crippen LogP contribution in [-0.4, -0.2) is 26.4 Å². The molecule has 114 valence electrons. The summed E-state index contributed by atoms with van der Waals surface area (Å²) < 4.78 is 11.0. The van der Waals surface area contributed by atoms with Crippen LogP contribution in [-0.2, 0) is 15.9 Å². The first-order valence-electron chi connectivity index (χ1n) is 7.77. The van der Waals surface area contributed by atoms with Crippen LogP contribution < -0.4 is 5.73 Å². The van der Waals surface area contributed by atoms with Gasteiger partial charge in [0.2, 0.25) is 0 Å². The molecule has 1 atom stereocenters. The summed E-state index contributed by atoms with van der Waals surface area (Å²) in [5.41, 5.74) is 8.62. The molecule has 0 amide bonds. The largest absolute Gasteiger partial charge is 0.379 e. The van der Waals surface area contributed by atoms with Gasteiger partial charge in [0.15, 0.2) is 0 Å². The Balaban J connectivity index is 2.17. The summed E-state index contributed by atoms with van der Waals surface area (Å²) in [4.78, 5) is 0. The van der Waals surface area contributed by atoms with Crippen molar-refractivity contribution in [3.8, 4) is 0 Å². The minimum atomic E-state index is -0.0543. The third-order valence-corrected chi connectivity index (χ3v) is 3.26. The van der Waals surface area contributed by atoms with Crippen molar-refractivity contribution in [2.45, 2.75) is 45.6 Å². The maximum Gasteiger partial charge on any atom is 0.0701 e. The lowest BCUT2D eigenvalue weighted by Gasteiger charge is -2.13. The van der Waals surface area contributed by atoms with E-state index in [0.29, 0.717) is 19.8 Å². The van der Waals surface area contributed by atoms with Crippen LogP contribution in [0.2, 0.25) is 0 Å². The van der Waals surface area contributed by atoms with Crippen LogP contribution in [0.15, 0.2) is 24.3 Å². The molecule has 3 nitrogen and oxygen atoms in total. The SMILES string of the molecule is CCCCOCCOCC(N)c1ccc(CCC)cc1. The smallest absolute Gasteiger partial charge is 0.0701 e. The van der Waals surface area contributed by atoms with Gasteiger partial charge in [-0.15, -0.1) is 0 Å². The Labute approximate surface area is 123 Å². The normalized spacial score (nSPS) is 12.6. The summed E-state index contributed by atoms with van der Waals surface area (Å²) in [6.07, 6.45) is 4.58. The lowest BCUT2D eigenvalue weighted by molar-refractivity contribution is 0.0416. The Kier molecular flexibility index (Phi) is 9.29. The van der Waals surface area contributed by atoms with Gasteiger partial charge >= 0.3 is 0 Å². The lowest BCUT2D eigenvalue weighted by Crippen LogP contribution is -2.18. The van der Waals surface area contributed by atoms with Crippen LogP contribution in [0.3, 0.4) is 0 Å². The van der Waals surface area contributed by atoms with Gasteiger partial charge in [-0.25, -0.2) is 0 Å². The van der Waals surface area contributed by atoms with Gasteiger partial charge in [-0.05, 0) is 24.0 Å². The van der Waals surface area contributed by atoms with E-state index in [9.17, 15) is 0 Å². The average molecular weight is 279 g/mol. The van der Waals surface area contributed by atoms with Gasteiger partial charge in [-0.3, -0.25) is 0 Å². The second-order valence-electron chi connectivity index (χ2n) is 5.14. The van der Waals surface area contributed by atoms with Gasteiger partial charge in [0.25, 0.3) is 0 Å². The molecule has 0 aliphatic rings. The monoisotopic (exact) mass is 279 g/mol. The molecule has 20 heavy (non-hydrogen) atoms. The summed E-state index contributed by atoms with van der Waals surface area (Å²) in [6.45, 7) is 6.99. The molecule has 1 aromatic carbocycles. The maximum atomic E-state index is 6.12. The fraction of sp³-hybridized carbons (Fsp3) is 0.647. The van der Waals surface area contributed by atoms with E-state index in [2.05, 4.69) is 38.1 Å². The standard InChI is InChI=1S/C17H29NO2/c1-3-5-11-19-12-13-20-14-17(18)16-9-7-15(6-4-2)8-10-16/h7-10,17H,3-6,11-14,18H2,1-2H3. The average Bonchev–Trinajstić information content (AvgIpc) is 2.47. The van der Waals surface area contributed by atoms with Crippen LogP contribution in [0, 0.1) is 0 Å². The van der Waals surface area contributed by atoms with Gasteiger partial charge in [0.1, 0.15) is 0 Å². The van der Waals surface area contributed by atoms with Crippen LogP contribution in [0.1, 0.15) is 50.3 Å². The van der Waals surface area contributed by atoms with E-state index >= 15 is 0 Å². The van der Waals surface area contributed by atoms with Crippen LogP contribution in [0.25, 0.3) is 0 Å². The van der Waals surface area contributed by atoms with E-state index in [1.165, 1.54) is 18.4 Å². The molecule has 2 N–H and O–H groups in total. The molecular formula is C17H29NO2. The van der Waals surface area contributed by atoms with E-state index in [4.69, 9.17) is 15.2 Å². The number of nitrogens with two attached hydrogens (primary N) is 1. The number of ether oxygens (including phenoxy) is 2. The highest BCUT2D eigenvalue weighted by molar-refractivity contribution is 5.24. The van der Waals surface area contributed by atoms with Gasteiger partial charge < -0.3 is 15.2 Å². The van der Waals surface area contributed by atoms with E-state index in [-0.39, 0.29) is 6.04 Å². The Morgan fingerprint density at radius 2 is 1.65 bits per heavy atom. The molecule has 0 fully saturated rings. The summed E-state index contributed by atoms with van der Waals surface area (Å²) in [5.74, 6) is 0. The van der Waals surface area contributed by atoms with Crippen molar-refractivity contribution in [2.24, 2.45) is 5.73 Å². The summed E-state index contributed by atoms with van der Waals surface area (Å²) in [5, 5.41) is 0. The first-order valence-corrected chi connectivity index (χ1v) is 7.77. The highest BCUT2D eigenvalue weighted by Gasteiger charge is 2.05. The molecule has 0 heterocycles. The number of hydrogen-bond donors (Lipinski definition) is 1. The van der Waals surface area contributed by atoms with Crippen molar-refractivity contribution in [3.05, 3.63) is 35.4 Å². The lowest BCUT2D eigenvalue weighted by atomic mass is 10.0. The number of benzene rings is 1. The van der Waals surface area contributed by atoms with Crippen molar-refractivity contribution in [3.63, 3.8) is 0 Å². The number of hydrogen-bond acceptors (Lipinski definition) is 3. The zero-order valence-corrected chi connectivity index (χ0v) is 12.9. The molecular weight excluding hydrogens is 250 g/mol. The van der Waals surface area contributed by atoms with Gasteiger partial charge in [0, 0.05) is 6.61 Å². The first-order chi connectivity index (χ1) is 9.77. The molecule has 3 heteroatoms. The predicted octanol–water partition coefficient (Wildman–Crippen LogP) is 3.47. The van der Waals surface area contributed by atoms with Crippen molar-refractivity contribution >= 4 is 0 Å². The summed E-state index contributed by atoms with van der Waals surface area (Å²) in [7, 11) is 0. The molecule has 0 saturated heterocycles. The third kappa shape index (κ3) is 7.04. The fourth-order valence-electron chi connectivity index (χ4n) is 1.99. The molecule has 0 radical (unpaired) electrons. The molecule has 0 aliphatic heterocycles. The van der Waals surface area contributed by atoms with E-state index < -0.39 is 0 Å².